The van der Waals surface area contributed by atoms with Crippen molar-refractivity contribution in [1.82, 2.24) is 4.72 Å². The summed E-state index contributed by atoms with van der Waals surface area (Å²) in [7, 11) is -3.71. The lowest BCUT2D eigenvalue weighted by atomic mass is 10.2. The zero-order valence-corrected chi connectivity index (χ0v) is 12.3. The average molecular weight is 285 g/mol. The fraction of sp³-hybridized carbons (Fsp3) is 0.462. The molecule has 6 heteroatoms. The number of benzene rings is 1. The van der Waals surface area contributed by atoms with Crippen molar-refractivity contribution in [2.45, 2.75) is 44.2 Å². The molecule has 1 atom stereocenters. The minimum absolute atomic E-state index is 0.116. The molecule has 0 heterocycles. The van der Waals surface area contributed by atoms with Crippen molar-refractivity contribution in [3.8, 4) is 0 Å². The van der Waals surface area contributed by atoms with Crippen LogP contribution in [0.5, 0.6) is 0 Å². The predicted molar refractivity (Wildman–Crippen MR) is 72.1 cm³/mol. The van der Waals surface area contributed by atoms with Crippen LogP contribution in [0.3, 0.4) is 0 Å². The number of carbonyl (C=O) groups is 1. The number of esters is 1. The van der Waals surface area contributed by atoms with Gasteiger partial charge in [0.15, 0.2) is 0 Å². The van der Waals surface area contributed by atoms with Gasteiger partial charge in [-0.3, -0.25) is 4.79 Å². The predicted octanol–water partition coefficient (Wildman–Crippen LogP) is 1.70. The van der Waals surface area contributed by atoms with Gasteiger partial charge in [-0.15, -0.1) is 0 Å². The highest BCUT2D eigenvalue weighted by Gasteiger charge is 2.26. The third-order valence-corrected chi connectivity index (χ3v) is 3.70. The number of carbonyl (C=O) groups excluding carboxylic acids is 1. The molecule has 0 bridgehead atoms. The van der Waals surface area contributed by atoms with E-state index in [9.17, 15) is 13.2 Å². The molecule has 0 aliphatic rings. The van der Waals surface area contributed by atoms with Crippen LogP contribution >= 0.6 is 0 Å². The van der Waals surface area contributed by atoms with Gasteiger partial charge in [-0.2, -0.15) is 4.72 Å². The SMILES string of the molecule is CC(NS(=O)(=O)c1ccccc1)C(=O)OC(C)(C)C. The van der Waals surface area contributed by atoms with Crippen LogP contribution in [-0.4, -0.2) is 26.0 Å². The molecule has 0 saturated carbocycles. The summed E-state index contributed by atoms with van der Waals surface area (Å²) in [6.07, 6.45) is 0. The normalized spacial score (nSPS) is 13.9. The summed E-state index contributed by atoms with van der Waals surface area (Å²) < 4.78 is 31.4. The van der Waals surface area contributed by atoms with Gasteiger partial charge in [-0.1, -0.05) is 18.2 Å². The Morgan fingerprint density at radius 1 is 1.21 bits per heavy atom. The first kappa shape index (κ1) is 15.7. The van der Waals surface area contributed by atoms with Gasteiger partial charge in [-0.25, -0.2) is 8.42 Å². The molecule has 0 saturated heterocycles. The quantitative estimate of drug-likeness (QED) is 0.855. The van der Waals surface area contributed by atoms with E-state index >= 15 is 0 Å². The second-order valence-electron chi connectivity index (χ2n) is 5.19. The van der Waals surface area contributed by atoms with Crippen LogP contribution in [0.1, 0.15) is 27.7 Å². The second kappa shape index (κ2) is 5.71. The van der Waals surface area contributed by atoms with Crippen LogP contribution in [-0.2, 0) is 19.6 Å². The standard InChI is InChI=1S/C13H19NO4S/c1-10(12(15)18-13(2,3)4)14-19(16,17)11-8-6-5-7-9-11/h5-10,14H,1-4H3. The van der Waals surface area contributed by atoms with Crippen molar-refractivity contribution in [2.24, 2.45) is 0 Å². The maximum absolute atomic E-state index is 12.0. The fourth-order valence-corrected chi connectivity index (χ4v) is 2.55. The van der Waals surface area contributed by atoms with Crippen molar-refractivity contribution < 1.29 is 17.9 Å². The highest BCUT2D eigenvalue weighted by molar-refractivity contribution is 7.89. The lowest BCUT2D eigenvalue weighted by Crippen LogP contribution is -2.42. The van der Waals surface area contributed by atoms with Crippen LogP contribution in [0.25, 0.3) is 0 Å². The monoisotopic (exact) mass is 285 g/mol. The minimum Gasteiger partial charge on any atom is -0.459 e. The molecule has 1 aromatic carbocycles. The van der Waals surface area contributed by atoms with Gasteiger partial charge in [0.2, 0.25) is 10.0 Å². The van der Waals surface area contributed by atoms with Gasteiger partial charge >= 0.3 is 5.97 Å². The molecule has 19 heavy (non-hydrogen) atoms. The summed E-state index contributed by atoms with van der Waals surface area (Å²) in [5, 5.41) is 0. The van der Waals surface area contributed by atoms with Gasteiger partial charge in [0.25, 0.3) is 0 Å². The molecule has 0 aliphatic heterocycles. The summed E-state index contributed by atoms with van der Waals surface area (Å²) in [6, 6.07) is 6.94. The van der Waals surface area contributed by atoms with E-state index in [2.05, 4.69) is 4.72 Å². The van der Waals surface area contributed by atoms with Crippen LogP contribution in [0.4, 0.5) is 0 Å². The molecule has 106 valence electrons. The topological polar surface area (TPSA) is 72.5 Å². The molecule has 5 nitrogen and oxygen atoms in total. The van der Waals surface area contributed by atoms with Crippen molar-refractivity contribution in [3.63, 3.8) is 0 Å². The van der Waals surface area contributed by atoms with Crippen molar-refractivity contribution in [3.05, 3.63) is 30.3 Å². The molecule has 0 aromatic heterocycles. The Kier molecular flexibility index (Phi) is 4.70. The maximum Gasteiger partial charge on any atom is 0.324 e. The number of nitrogens with one attached hydrogen (secondary N) is 1. The first-order valence-electron chi connectivity index (χ1n) is 5.92. The van der Waals surface area contributed by atoms with Gasteiger partial charge in [0, 0.05) is 0 Å². The maximum atomic E-state index is 12.0. The summed E-state index contributed by atoms with van der Waals surface area (Å²) in [5.74, 6) is -0.605. The van der Waals surface area contributed by atoms with E-state index in [0.717, 1.165) is 0 Å². The molecule has 0 aliphatic carbocycles. The highest BCUT2D eigenvalue weighted by atomic mass is 32.2. The van der Waals surface area contributed by atoms with Crippen molar-refractivity contribution >= 4 is 16.0 Å². The number of hydrogen-bond donors (Lipinski definition) is 1. The molecule has 0 spiro atoms. The van der Waals surface area contributed by atoms with E-state index in [1.54, 1.807) is 39.0 Å². The summed E-state index contributed by atoms with van der Waals surface area (Å²) >= 11 is 0. The van der Waals surface area contributed by atoms with Crippen molar-refractivity contribution in [2.75, 3.05) is 0 Å². The van der Waals surface area contributed by atoms with E-state index in [1.807, 2.05) is 0 Å². The fourth-order valence-electron chi connectivity index (χ4n) is 1.34. The number of sulfonamides is 1. The summed E-state index contributed by atoms with van der Waals surface area (Å²) in [6.45, 7) is 6.63. The van der Waals surface area contributed by atoms with Crippen LogP contribution < -0.4 is 4.72 Å². The Morgan fingerprint density at radius 2 is 1.74 bits per heavy atom. The van der Waals surface area contributed by atoms with Gasteiger partial charge in [0.1, 0.15) is 11.6 Å². The number of rotatable bonds is 4. The highest BCUT2D eigenvalue weighted by Crippen LogP contribution is 2.11. The summed E-state index contributed by atoms with van der Waals surface area (Å²) in [4.78, 5) is 11.8. The minimum atomic E-state index is -3.71. The molecule has 1 aromatic rings. The van der Waals surface area contributed by atoms with Gasteiger partial charge in [-0.05, 0) is 39.8 Å². The van der Waals surface area contributed by atoms with Crippen LogP contribution in [0.2, 0.25) is 0 Å². The molecule has 1 unspecified atom stereocenters. The summed E-state index contributed by atoms with van der Waals surface area (Å²) in [5.41, 5.74) is -0.649. The molecule has 1 rings (SSSR count). The largest absolute Gasteiger partial charge is 0.459 e. The van der Waals surface area contributed by atoms with Gasteiger partial charge in [0.05, 0.1) is 4.90 Å². The van der Waals surface area contributed by atoms with Crippen LogP contribution in [0.15, 0.2) is 35.2 Å². The zero-order chi connectivity index (χ0) is 14.7. The molecule has 0 amide bonds. The Morgan fingerprint density at radius 3 is 2.21 bits per heavy atom. The Labute approximate surface area is 114 Å². The average Bonchev–Trinajstić information content (AvgIpc) is 2.27. The molecular formula is C13H19NO4S. The van der Waals surface area contributed by atoms with E-state index in [1.165, 1.54) is 19.1 Å². The van der Waals surface area contributed by atoms with E-state index in [-0.39, 0.29) is 4.90 Å². The van der Waals surface area contributed by atoms with E-state index in [0.29, 0.717) is 0 Å². The lowest BCUT2D eigenvalue weighted by Gasteiger charge is -2.22. The van der Waals surface area contributed by atoms with Crippen LogP contribution in [0, 0.1) is 0 Å². The first-order chi connectivity index (χ1) is 8.62. The third-order valence-electron chi connectivity index (χ3n) is 2.15. The molecule has 1 N–H and O–H groups in total. The zero-order valence-electron chi connectivity index (χ0n) is 11.5. The lowest BCUT2D eigenvalue weighted by molar-refractivity contribution is -0.156. The Hall–Kier alpha value is -1.40. The number of ether oxygens (including phenoxy) is 1. The smallest absolute Gasteiger partial charge is 0.324 e. The van der Waals surface area contributed by atoms with Crippen molar-refractivity contribution in [1.29, 1.82) is 0 Å². The number of hydrogen-bond acceptors (Lipinski definition) is 4. The Balaban J connectivity index is 2.77. The second-order valence-corrected chi connectivity index (χ2v) is 6.90. The Bertz CT molecular complexity index is 532. The van der Waals surface area contributed by atoms with Gasteiger partial charge < -0.3 is 4.74 Å². The first-order valence-corrected chi connectivity index (χ1v) is 7.40. The molecule has 0 fully saturated rings. The van der Waals surface area contributed by atoms with E-state index in [4.69, 9.17) is 4.74 Å². The van der Waals surface area contributed by atoms with E-state index < -0.39 is 27.6 Å². The third kappa shape index (κ3) is 5.00. The molecular weight excluding hydrogens is 266 g/mol. The molecule has 0 radical (unpaired) electrons.